The molecule has 0 aliphatic heterocycles. The first kappa shape index (κ1) is 26.9. The highest BCUT2D eigenvalue weighted by Crippen LogP contribution is 2.61. The average Bonchev–Trinajstić information content (AvgIpc) is 2.57. The van der Waals surface area contributed by atoms with Crippen LogP contribution in [0.1, 0.15) is 118 Å². The second-order valence-corrected chi connectivity index (χ2v) is 12.2. The van der Waals surface area contributed by atoms with Crippen LogP contribution in [0.25, 0.3) is 0 Å². The van der Waals surface area contributed by atoms with Crippen LogP contribution in [-0.4, -0.2) is 24.6 Å². The second-order valence-electron chi connectivity index (χ2n) is 7.77. The monoisotopic (exact) mass is 378 g/mol. The Morgan fingerprint density at radius 2 is 0.667 bits per heavy atom. The topological polar surface area (TPSA) is 0 Å². The van der Waals surface area contributed by atoms with Gasteiger partial charge in [0.25, 0.3) is 0 Å². The van der Waals surface area contributed by atoms with Gasteiger partial charge in [0.15, 0.2) is 0 Å². The third-order valence-electron chi connectivity index (χ3n) is 5.44. The molecule has 2 heteroatoms. The number of halogens is 1. The third kappa shape index (κ3) is 15.0. The van der Waals surface area contributed by atoms with Gasteiger partial charge in [-0.2, -0.15) is 0 Å². The molecule has 0 unspecified atom stereocenters. The summed E-state index contributed by atoms with van der Waals surface area (Å²) in [5.41, 5.74) is 0. The summed E-state index contributed by atoms with van der Waals surface area (Å²) in [6.07, 6.45) is 27.0. The van der Waals surface area contributed by atoms with Crippen LogP contribution in [0, 0.1) is 0 Å². The molecule has 0 bridgehead atoms. The average molecular weight is 379 g/mol. The Morgan fingerprint density at radius 3 is 0.958 bits per heavy atom. The van der Waals surface area contributed by atoms with E-state index in [0.29, 0.717) is 0 Å². The summed E-state index contributed by atoms with van der Waals surface area (Å²) in [4.78, 5) is 0. The molecule has 0 fully saturated rings. The van der Waals surface area contributed by atoms with Crippen molar-refractivity contribution >= 4 is 7.26 Å². The molecule has 0 spiro atoms. The van der Waals surface area contributed by atoms with Gasteiger partial charge in [0, 0.05) is 7.26 Å². The van der Waals surface area contributed by atoms with Crippen LogP contribution in [0.5, 0.6) is 0 Å². The Morgan fingerprint density at radius 1 is 0.375 bits per heavy atom. The quantitative estimate of drug-likeness (QED) is 0.217. The molecule has 0 nitrogen and oxygen atoms in total. The second kappa shape index (κ2) is 20.0. The summed E-state index contributed by atoms with van der Waals surface area (Å²) < 4.78 is 0. The van der Waals surface area contributed by atoms with E-state index >= 15 is 0 Å². The molecule has 24 heavy (non-hydrogen) atoms. The van der Waals surface area contributed by atoms with Crippen molar-refractivity contribution in [2.45, 2.75) is 118 Å². The molecule has 0 amide bonds. The van der Waals surface area contributed by atoms with E-state index in [0.717, 1.165) is 0 Å². The summed E-state index contributed by atoms with van der Waals surface area (Å²) in [6.45, 7) is 9.42. The maximum Gasteiger partial charge on any atom is 0.0594 e. The molecule has 0 atom stereocenters. The number of rotatable bonds is 18. The minimum atomic E-state index is -0.633. The SMILES string of the molecule is CCCCCC[P+](CCCC)(CCCCCC)CCCCCC.[Cl-]. The molecule has 0 rings (SSSR count). The molecule has 0 aliphatic carbocycles. The zero-order valence-electron chi connectivity index (χ0n) is 17.6. The van der Waals surface area contributed by atoms with Crippen molar-refractivity contribution in [1.29, 1.82) is 0 Å². The smallest absolute Gasteiger partial charge is 0.0594 e. The summed E-state index contributed by atoms with van der Waals surface area (Å²) >= 11 is 0. The zero-order chi connectivity index (χ0) is 17.2. The Bertz CT molecular complexity index is 199. The van der Waals surface area contributed by atoms with Crippen molar-refractivity contribution in [1.82, 2.24) is 0 Å². The fourth-order valence-electron chi connectivity index (χ4n) is 3.79. The normalized spacial score (nSPS) is 11.5. The Kier molecular flexibility index (Phi) is 22.5. The Hall–Kier alpha value is 0.720. The molecular formula is C22H48ClP. The standard InChI is InChI=1S/C22H48P.ClH/c1-5-9-13-16-20-23(19-12-8-4,21-17-14-10-6-2)22-18-15-11-7-3;/h5-22H2,1-4H3;1H/q+1;/p-1. The van der Waals surface area contributed by atoms with E-state index in [1.807, 2.05) is 0 Å². The molecule has 0 aromatic carbocycles. The van der Waals surface area contributed by atoms with E-state index in [-0.39, 0.29) is 12.4 Å². The fourth-order valence-corrected chi connectivity index (χ4v) is 8.80. The lowest BCUT2D eigenvalue weighted by Gasteiger charge is -2.28. The van der Waals surface area contributed by atoms with Crippen molar-refractivity contribution < 1.29 is 12.4 Å². The number of hydrogen-bond donors (Lipinski definition) is 0. The van der Waals surface area contributed by atoms with Gasteiger partial charge in [0.2, 0.25) is 0 Å². The van der Waals surface area contributed by atoms with E-state index in [1.165, 1.54) is 89.9 Å². The van der Waals surface area contributed by atoms with Crippen LogP contribution in [0.4, 0.5) is 0 Å². The molecule has 0 N–H and O–H groups in total. The van der Waals surface area contributed by atoms with Crippen molar-refractivity contribution in [3.05, 3.63) is 0 Å². The van der Waals surface area contributed by atoms with Gasteiger partial charge < -0.3 is 12.4 Å². The largest absolute Gasteiger partial charge is 1.00 e. The van der Waals surface area contributed by atoms with Gasteiger partial charge in [-0.1, -0.05) is 72.6 Å². The first-order valence-electron chi connectivity index (χ1n) is 11.1. The molecule has 148 valence electrons. The molecule has 0 saturated carbocycles. The Balaban J connectivity index is 0. The van der Waals surface area contributed by atoms with E-state index in [9.17, 15) is 0 Å². The summed E-state index contributed by atoms with van der Waals surface area (Å²) in [7, 11) is -0.633. The van der Waals surface area contributed by atoms with Crippen molar-refractivity contribution in [2.24, 2.45) is 0 Å². The van der Waals surface area contributed by atoms with Crippen LogP contribution >= 0.6 is 7.26 Å². The first-order valence-corrected chi connectivity index (χ1v) is 13.6. The highest BCUT2D eigenvalue weighted by atomic mass is 35.5. The lowest BCUT2D eigenvalue weighted by atomic mass is 10.2. The van der Waals surface area contributed by atoms with Gasteiger partial charge in [0.1, 0.15) is 0 Å². The van der Waals surface area contributed by atoms with E-state index in [4.69, 9.17) is 0 Å². The maximum atomic E-state index is 2.39. The van der Waals surface area contributed by atoms with E-state index in [2.05, 4.69) is 27.7 Å². The van der Waals surface area contributed by atoms with Crippen LogP contribution in [-0.2, 0) is 0 Å². The minimum Gasteiger partial charge on any atom is -1.00 e. The van der Waals surface area contributed by atoms with E-state index < -0.39 is 7.26 Å². The Labute approximate surface area is 162 Å². The van der Waals surface area contributed by atoms with Gasteiger partial charge in [-0.25, -0.2) is 0 Å². The predicted octanol–water partition coefficient (Wildman–Crippen LogP) is 5.55. The minimum absolute atomic E-state index is 0. The zero-order valence-corrected chi connectivity index (χ0v) is 19.2. The van der Waals surface area contributed by atoms with Crippen molar-refractivity contribution in [3.8, 4) is 0 Å². The molecule has 0 aromatic heterocycles. The van der Waals surface area contributed by atoms with Gasteiger partial charge >= 0.3 is 0 Å². The van der Waals surface area contributed by atoms with Crippen LogP contribution in [0.2, 0.25) is 0 Å². The molecule has 0 aromatic rings. The number of hydrogen-bond acceptors (Lipinski definition) is 0. The third-order valence-corrected chi connectivity index (χ3v) is 10.5. The van der Waals surface area contributed by atoms with Gasteiger partial charge in [-0.3, -0.25) is 0 Å². The summed E-state index contributed by atoms with van der Waals surface area (Å²) in [6, 6.07) is 0. The highest BCUT2D eigenvalue weighted by molar-refractivity contribution is 7.75. The highest BCUT2D eigenvalue weighted by Gasteiger charge is 2.34. The fraction of sp³-hybridized carbons (Fsp3) is 1.00. The predicted molar refractivity (Wildman–Crippen MR) is 114 cm³/mol. The van der Waals surface area contributed by atoms with Crippen molar-refractivity contribution in [3.63, 3.8) is 0 Å². The first-order chi connectivity index (χ1) is 11.2. The van der Waals surface area contributed by atoms with Gasteiger partial charge in [-0.15, -0.1) is 0 Å². The van der Waals surface area contributed by atoms with Crippen LogP contribution in [0.3, 0.4) is 0 Å². The van der Waals surface area contributed by atoms with Crippen LogP contribution in [0.15, 0.2) is 0 Å². The summed E-state index contributed by atoms with van der Waals surface area (Å²) in [5.74, 6) is 0. The molecule has 0 radical (unpaired) electrons. The molecule has 0 saturated heterocycles. The van der Waals surface area contributed by atoms with Gasteiger partial charge in [0.05, 0.1) is 24.6 Å². The van der Waals surface area contributed by atoms with Crippen molar-refractivity contribution in [2.75, 3.05) is 24.6 Å². The maximum absolute atomic E-state index is 2.39. The molecular weight excluding hydrogens is 331 g/mol. The van der Waals surface area contributed by atoms with E-state index in [1.54, 1.807) is 24.6 Å². The summed E-state index contributed by atoms with van der Waals surface area (Å²) in [5, 5.41) is 0. The van der Waals surface area contributed by atoms with Crippen LogP contribution < -0.4 is 12.4 Å². The molecule has 0 heterocycles. The molecule has 0 aliphatic rings. The lowest BCUT2D eigenvalue weighted by molar-refractivity contribution is -0.00000535. The van der Waals surface area contributed by atoms with Gasteiger partial charge in [-0.05, 0) is 44.9 Å². The number of unbranched alkanes of at least 4 members (excludes halogenated alkanes) is 10. The lowest BCUT2D eigenvalue weighted by Crippen LogP contribution is -3.00.